The molecule has 0 atom stereocenters. The highest BCUT2D eigenvalue weighted by Gasteiger charge is 2.31. The first-order chi connectivity index (χ1) is 22.3. The van der Waals surface area contributed by atoms with Crippen LogP contribution in [-0.2, 0) is 31.2 Å². The largest absolute Gasteiger partial charge is 0.398 e. The van der Waals surface area contributed by atoms with E-state index in [1.165, 1.54) is 55.6 Å². The summed E-state index contributed by atoms with van der Waals surface area (Å²) < 4.78 is 0. The van der Waals surface area contributed by atoms with Crippen LogP contribution in [0.4, 0.5) is 11.4 Å². The molecule has 0 unspecified atom stereocenters. The number of benzene rings is 2. The van der Waals surface area contributed by atoms with Gasteiger partial charge < -0.3 is 22.1 Å². The Hall–Kier alpha value is -3.54. The van der Waals surface area contributed by atoms with Gasteiger partial charge >= 0.3 is 0 Å². The fourth-order valence-electron chi connectivity index (χ4n) is 7.29. The van der Waals surface area contributed by atoms with E-state index in [-0.39, 0.29) is 21.7 Å². The number of carbonyl (C=O) groups excluding carboxylic acids is 2. The van der Waals surface area contributed by atoms with E-state index in [0.29, 0.717) is 6.41 Å². The maximum absolute atomic E-state index is 10.9. The first kappa shape index (κ1) is 46.5. The van der Waals surface area contributed by atoms with Crippen LogP contribution in [0, 0.1) is 34.6 Å². The van der Waals surface area contributed by atoms with Gasteiger partial charge in [0.15, 0.2) is 0 Å². The third-order valence-electron chi connectivity index (χ3n) is 9.69. The number of nitrogen functional groups attached to an aromatic ring is 2. The Morgan fingerprint density at radius 2 is 0.720 bits per heavy atom. The SMILES string of the molecule is C/C(NC=O)=C(/C)c1c(C)c(C(C)(C)C)c(N)c(C(C)(C)C)c1C.CC(C)=C(C)NC=O.Cc1c(C)c(C(C)(C)C)c(N)c(C(C)(C)C)c1C. The van der Waals surface area contributed by atoms with Crippen LogP contribution in [0.5, 0.6) is 0 Å². The topological polar surface area (TPSA) is 110 Å². The first-order valence-electron chi connectivity index (χ1n) is 17.9. The van der Waals surface area contributed by atoms with Gasteiger partial charge in [-0.2, -0.15) is 0 Å². The molecule has 0 aliphatic heterocycles. The molecule has 6 nitrogen and oxygen atoms in total. The fourth-order valence-corrected chi connectivity index (χ4v) is 7.29. The molecule has 0 heterocycles. The van der Waals surface area contributed by atoms with Crippen molar-refractivity contribution in [2.45, 2.75) is 174 Å². The van der Waals surface area contributed by atoms with Crippen LogP contribution in [-0.4, -0.2) is 12.8 Å². The highest BCUT2D eigenvalue weighted by molar-refractivity contribution is 5.80. The maximum atomic E-state index is 10.9. The molecule has 0 saturated carbocycles. The smallest absolute Gasteiger partial charge is 0.211 e. The second-order valence-electron chi connectivity index (χ2n) is 18.2. The molecule has 6 heteroatoms. The summed E-state index contributed by atoms with van der Waals surface area (Å²) in [5.74, 6) is 0. The number of nitrogens with two attached hydrogens (primary N) is 2. The molecule has 2 amide bonds. The van der Waals surface area contributed by atoms with Crippen molar-refractivity contribution in [2.75, 3.05) is 11.5 Å². The molecule has 0 aliphatic carbocycles. The lowest BCUT2D eigenvalue weighted by Gasteiger charge is -2.34. The summed E-state index contributed by atoms with van der Waals surface area (Å²) in [6.07, 6.45) is 1.42. The summed E-state index contributed by atoms with van der Waals surface area (Å²) in [4.78, 5) is 20.6. The van der Waals surface area contributed by atoms with Crippen LogP contribution in [0.25, 0.3) is 5.57 Å². The second-order valence-corrected chi connectivity index (χ2v) is 18.2. The van der Waals surface area contributed by atoms with Crippen LogP contribution in [0.1, 0.15) is 173 Å². The lowest BCUT2D eigenvalue weighted by Crippen LogP contribution is -2.25. The van der Waals surface area contributed by atoms with Gasteiger partial charge in [-0.3, -0.25) is 9.59 Å². The number of carbonyl (C=O) groups is 2. The Kier molecular flexibility index (Phi) is 15.9. The quantitative estimate of drug-likeness (QED) is 0.185. The fraction of sp³-hybridized carbons (Fsp3) is 0.591. The summed E-state index contributed by atoms with van der Waals surface area (Å²) in [6.45, 7) is 47.3. The van der Waals surface area contributed by atoms with E-state index in [1.54, 1.807) is 0 Å². The molecule has 0 radical (unpaired) electrons. The molecule has 0 fully saturated rings. The molecule has 2 rings (SSSR count). The lowest BCUT2D eigenvalue weighted by atomic mass is 9.72. The van der Waals surface area contributed by atoms with Crippen molar-refractivity contribution in [3.05, 3.63) is 72.6 Å². The summed E-state index contributed by atoms with van der Waals surface area (Å²) >= 11 is 0. The van der Waals surface area contributed by atoms with Crippen molar-refractivity contribution in [1.29, 1.82) is 0 Å². The average molecular weight is 691 g/mol. The maximum Gasteiger partial charge on any atom is 0.211 e. The summed E-state index contributed by atoms with van der Waals surface area (Å²) in [5, 5.41) is 5.34. The number of amides is 2. The minimum Gasteiger partial charge on any atom is -0.398 e. The van der Waals surface area contributed by atoms with Crippen molar-refractivity contribution in [3.8, 4) is 0 Å². The number of hydrogen-bond acceptors (Lipinski definition) is 4. The zero-order chi connectivity index (χ0) is 40.1. The molecule has 0 bridgehead atoms. The van der Waals surface area contributed by atoms with Gasteiger partial charge in [0.25, 0.3) is 0 Å². The van der Waals surface area contributed by atoms with Crippen LogP contribution in [0.3, 0.4) is 0 Å². The summed E-state index contributed by atoms with van der Waals surface area (Å²) in [7, 11) is 0. The third-order valence-corrected chi connectivity index (χ3v) is 9.69. The van der Waals surface area contributed by atoms with Crippen molar-refractivity contribution in [1.82, 2.24) is 10.6 Å². The van der Waals surface area contributed by atoms with E-state index in [4.69, 9.17) is 11.5 Å². The van der Waals surface area contributed by atoms with Crippen LogP contribution in [0.2, 0.25) is 0 Å². The van der Waals surface area contributed by atoms with E-state index in [2.05, 4.69) is 135 Å². The van der Waals surface area contributed by atoms with Crippen molar-refractivity contribution < 1.29 is 9.59 Å². The highest BCUT2D eigenvalue weighted by Crippen LogP contribution is 2.45. The van der Waals surface area contributed by atoms with Crippen molar-refractivity contribution >= 4 is 29.8 Å². The molecule has 0 spiro atoms. The Morgan fingerprint density at radius 3 is 0.940 bits per heavy atom. The molecule has 2 aromatic rings. The van der Waals surface area contributed by atoms with Gasteiger partial charge in [-0.05, 0) is 152 Å². The van der Waals surface area contributed by atoms with Gasteiger partial charge in [-0.25, -0.2) is 0 Å². The van der Waals surface area contributed by atoms with E-state index in [9.17, 15) is 9.59 Å². The molecule has 6 N–H and O–H groups in total. The predicted molar refractivity (Wildman–Crippen MR) is 221 cm³/mol. The molecular formula is C44H74N4O2. The number of rotatable bonds is 5. The minimum absolute atomic E-state index is 0.0527. The van der Waals surface area contributed by atoms with Gasteiger partial charge in [-0.15, -0.1) is 0 Å². The van der Waals surface area contributed by atoms with E-state index in [0.717, 1.165) is 40.3 Å². The zero-order valence-corrected chi connectivity index (χ0v) is 36.1. The minimum atomic E-state index is -0.0527. The Labute approximate surface area is 307 Å². The molecule has 282 valence electrons. The number of hydrogen-bond donors (Lipinski definition) is 4. The highest BCUT2D eigenvalue weighted by atomic mass is 16.1. The Bertz CT molecular complexity index is 1520. The molecule has 50 heavy (non-hydrogen) atoms. The monoisotopic (exact) mass is 691 g/mol. The average Bonchev–Trinajstić information content (AvgIpc) is 2.89. The van der Waals surface area contributed by atoms with Crippen LogP contribution >= 0.6 is 0 Å². The Morgan fingerprint density at radius 1 is 0.460 bits per heavy atom. The van der Waals surface area contributed by atoms with Gasteiger partial charge in [0.1, 0.15) is 0 Å². The number of anilines is 2. The summed E-state index contributed by atoms with van der Waals surface area (Å²) in [5.41, 5.74) is 31.9. The Balaban J connectivity index is 0.000000810. The number of nitrogens with one attached hydrogen (secondary N) is 2. The molecular weight excluding hydrogens is 617 g/mol. The van der Waals surface area contributed by atoms with Gasteiger partial charge in [0.2, 0.25) is 12.8 Å². The van der Waals surface area contributed by atoms with Crippen molar-refractivity contribution in [3.63, 3.8) is 0 Å². The predicted octanol–water partition coefficient (Wildman–Crippen LogP) is 10.8. The molecule has 2 aromatic carbocycles. The van der Waals surface area contributed by atoms with Gasteiger partial charge in [-0.1, -0.05) is 88.7 Å². The lowest BCUT2D eigenvalue weighted by molar-refractivity contribution is -0.109. The van der Waals surface area contributed by atoms with E-state index < -0.39 is 0 Å². The summed E-state index contributed by atoms with van der Waals surface area (Å²) in [6, 6.07) is 0. The number of allylic oxidation sites excluding steroid dienone is 4. The van der Waals surface area contributed by atoms with Gasteiger partial charge in [0.05, 0.1) is 0 Å². The normalized spacial score (nSPS) is 12.4. The van der Waals surface area contributed by atoms with Crippen LogP contribution < -0.4 is 22.1 Å². The molecule has 0 aliphatic rings. The standard InChI is InChI=1S/C21H34N2O.C17H29N.C6H11NO/c1-12(15(4)23-11-24)16-13(2)17(20(5,6)7)19(22)18(14(16)3)21(8,9)10;1-10-11(2)13(16(4,5)6)15(18)14(12(10)3)17(7,8)9;1-5(2)6(3)7-4-8/h11H,22H2,1-10H3,(H,23,24);18H2,1-9H3;4H,1-3H3,(H,7,8)/b15-12+;;. The third kappa shape index (κ3) is 11.2. The molecule has 0 aromatic heterocycles. The first-order valence-corrected chi connectivity index (χ1v) is 17.9. The van der Waals surface area contributed by atoms with Crippen molar-refractivity contribution in [2.24, 2.45) is 0 Å². The van der Waals surface area contributed by atoms with Crippen LogP contribution in [0.15, 0.2) is 17.0 Å². The zero-order valence-electron chi connectivity index (χ0n) is 36.1. The van der Waals surface area contributed by atoms with E-state index >= 15 is 0 Å². The van der Waals surface area contributed by atoms with E-state index in [1.807, 2.05) is 27.7 Å². The second kappa shape index (κ2) is 17.1. The molecule has 0 saturated heterocycles. The van der Waals surface area contributed by atoms with Gasteiger partial charge in [0, 0.05) is 22.8 Å².